The first-order chi connectivity index (χ1) is 30.8. The number of hydrogen-bond acceptors (Lipinski definition) is 20. The molecular weight excluding hydrogens is 881 g/mol. The van der Waals surface area contributed by atoms with Crippen LogP contribution in [0.15, 0.2) is 65.6 Å². The number of sulfone groups is 1. The van der Waals surface area contributed by atoms with Gasteiger partial charge in [0, 0.05) is 0 Å². The molecule has 0 heterocycles. The molecule has 3 N–H and O–H groups in total. The van der Waals surface area contributed by atoms with Gasteiger partial charge in [0.05, 0.1) is 154 Å². The molecule has 3 rings (SSSR count). The Kier molecular flexibility index (Phi) is 33.1. The normalized spacial score (nSPS) is 10.5. The zero-order valence-electron chi connectivity index (χ0n) is 36.8. The van der Waals surface area contributed by atoms with Gasteiger partial charge in [-0.05, 0) is 55.5 Å². The number of benzene rings is 3. The minimum absolute atomic E-state index is 0. The smallest absolute Gasteiger partial charge is 0.338 e. The molecule has 0 aliphatic carbocycles. The molecule has 3 aromatic carbocycles. The fourth-order valence-corrected chi connectivity index (χ4v) is 5.87. The number of esters is 4. The first-order valence-electron chi connectivity index (χ1n) is 19.7. The molecule has 0 saturated carbocycles. The number of hydrogen-bond donors (Lipinski definition) is 3. The van der Waals surface area contributed by atoms with Crippen LogP contribution < -0.4 is 4.74 Å². The van der Waals surface area contributed by atoms with Gasteiger partial charge < -0.3 is 67.4 Å². The van der Waals surface area contributed by atoms with E-state index in [0.29, 0.717) is 83.3 Å². The molecule has 0 saturated heterocycles. The summed E-state index contributed by atoms with van der Waals surface area (Å²) in [5, 5.41) is 26.2. The van der Waals surface area contributed by atoms with Crippen molar-refractivity contribution >= 4 is 33.7 Å². The highest BCUT2D eigenvalue weighted by molar-refractivity contribution is 7.91. The third-order valence-electron chi connectivity index (χ3n) is 7.95. The van der Waals surface area contributed by atoms with Crippen LogP contribution in [0.5, 0.6) is 11.5 Å². The van der Waals surface area contributed by atoms with Gasteiger partial charge in [-0.25, -0.2) is 27.6 Å². The second-order valence-corrected chi connectivity index (χ2v) is 14.6. The number of aromatic hydroxyl groups is 1. The second-order valence-electron chi connectivity index (χ2n) is 12.5. The standard InChI is InChI=1S/C18H26O9.C15H24O6S.C10H10O5.CH4/c1-22-17(20)15-4-3-14(13-16(15)18(21)23-2)27-12-11-26-10-9-25-8-7-24-6-5-19;1-14-2-4-15(5-3-14)22(17,18)13-12-21-11-10-20-9-8-19-7-6-16;1-14-9(12)7-4-3-6(11)5-8(7)10(13)15-2;/h3-4,13,19H,5-12H2,1-2H3;2-5,16H,6-13H2,1H3;3-5,11H,1-2H3;1H4. The van der Waals surface area contributed by atoms with Gasteiger partial charge in [0.25, 0.3) is 0 Å². The quantitative estimate of drug-likeness (QED) is 0.0536. The Labute approximate surface area is 380 Å². The predicted molar refractivity (Wildman–Crippen MR) is 234 cm³/mol. The van der Waals surface area contributed by atoms with Crippen molar-refractivity contribution in [3.8, 4) is 11.5 Å². The first-order valence-corrected chi connectivity index (χ1v) is 21.4. The molecular formula is C44H64O20S. The summed E-state index contributed by atoms with van der Waals surface area (Å²) < 4.78 is 79.0. The van der Waals surface area contributed by atoms with Gasteiger partial charge in [0.15, 0.2) is 9.84 Å². The van der Waals surface area contributed by atoms with Gasteiger partial charge in [0.2, 0.25) is 0 Å². The summed E-state index contributed by atoms with van der Waals surface area (Å²) in [6.45, 7) is 6.48. The molecule has 0 unspecified atom stereocenters. The predicted octanol–water partition coefficient (Wildman–Crippen LogP) is 3.09. The molecule has 0 amide bonds. The Morgan fingerprint density at radius 3 is 1.28 bits per heavy atom. The van der Waals surface area contributed by atoms with Crippen LogP contribution >= 0.6 is 0 Å². The van der Waals surface area contributed by atoms with Crippen LogP contribution in [-0.2, 0) is 57.2 Å². The Balaban J connectivity index is 0.000000974. The Morgan fingerprint density at radius 2 is 0.846 bits per heavy atom. The number of phenols is 1. The first kappa shape index (κ1) is 59.8. The summed E-state index contributed by atoms with van der Waals surface area (Å²) in [6.07, 6.45) is 0. The van der Waals surface area contributed by atoms with Crippen molar-refractivity contribution in [1.29, 1.82) is 0 Å². The molecule has 366 valence electrons. The van der Waals surface area contributed by atoms with Crippen LogP contribution in [0, 0.1) is 6.92 Å². The number of carbonyl (C=O) groups is 4. The van der Waals surface area contributed by atoms with E-state index < -0.39 is 33.7 Å². The number of aryl methyl sites for hydroxylation is 1. The summed E-state index contributed by atoms with van der Waals surface area (Å²) in [5.74, 6) is -2.41. The molecule has 65 heavy (non-hydrogen) atoms. The second kappa shape index (κ2) is 36.0. The fourth-order valence-electron chi connectivity index (χ4n) is 4.74. The highest BCUT2D eigenvalue weighted by Gasteiger charge is 2.20. The monoisotopic (exact) mass is 944 g/mol. The number of rotatable bonds is 28. The van der Waals surface area contributed by atoms with Crippen molar-refractivity contribution in [2.75, 3.05) is 133 Å². The average Bonchev–Trinajstić information content (AvgIpc) is 3.30. The highest BCUT2D eigenvalue weighted by Crippen LogP contribution is 2.21. The van der Waals surface area contributed by atoms with Crippen LogP contribution in [0.3, 0.4) is 0 Å². The van der Waals surface area contributed by atoms with Crippen LogP contribution in [0.25, 0.3) is 0 Å². The molecule has 0 spiro atoms. The molecule has 0 radical (unpaired) electrons. The number of phenolic OH excluding ortho intramolecular Hbond substituents is 1. The summed E-state index contributed by atoms with van der Waals surface area (Å²) in [4.78, 5) is 46.4. The van der Waals surface area contributed by atoms with Gasteiger partial charge >= 0.3 is 23.9 Å². The zero-order valence-corrected chi connectivity index (χ0v) is 37.6. The Bertz CT molecular complexity index is 1900. The minimum Gasteiger partial charge on any atom is -0.508 e. The van der Waals surface area contributed by atoms with Crippen molar-refractivity contribution in [2.45, 2.75) is 19.2 Å². The molecule has 21 heteroatoms. The van der Waals surface area contributed by atoms with E-state index in [1.165, 1.54) is 52.7 Å². The number of aliphatic hydroxyl groups excluding tert-OH is 2. The average molecular weight is 945 g/mol. The van der Waals surface area contributed by atoms with Crippen molar-refractivity contribution in [3.05, 3.63) is 88.5 Å². The molecule has 0 aliphatic heterocycles. The number of carbonyl (C=O) groups excluding carboxylic acids is 4. The largest absolute Gasteiger partial charge is 0.508 e. The van der Waals surface area contributed by atoms with E-state index in [0.717, 1.165) is 11.6 Å². The molecule has 20 nitrogen and oxygen atoms in total. The highest BCUT2D eigenvalue weighted by atomic mass is 32.2. The molecule has 3 aromatic rings. The van der Waals surface area contributed by atoms with Crippen molar-refractivity contribution < 1.29 is 95.0 Å². The van der Waals surface area contributed by atoms with E-state index in [-0.39, 0.29) is 67.6 Å². The number of methoxy groups -OCH3 is 4. The van der Waals surface area contributed by atoms with E-state index in [1.54, 1.807) is 30.3 Å². The van der Waals surface area contributed by atoms with E-state index in [1.807, 2.05) is 6.92 Å². The lowest BCUT2D eigenvalue weighted by Crippen LogP contribution is -2.15. The topological polar surface area (TPSA) is 265 Å². The van der Waals surface area contributed by atoms with Gasteiger partial charge in [-0.2, -0.15) is 0 Å². The van der Waals surface area contributed by atoms with Gasteiger partial charge in [-0.1, -0.05) is 25.1 Å². The summed E-state index contributed by atoms with van der Waals surface area (Å²) >= 11 is 0. The van der Waals surface area contributed by atoms with E-state index >= 15 is 0 Å². The molecule has 0 fully saturated rings. The third-order valence-corrected chi connectivity index (χ3v) is 9.64. The summed E-state index contributed by atoms with van der Waals surface area (Å²) in [6, 6.07) is 15.0. The van der Waals surface area contributed by atoms with E-state index in [9.17, 15) is 32.7 Å². The van der Waals surface area contributed by atoms with Gasteiger partial charge in [0.1, 0.15) is 18.1 Å². The third kappa shape index (κ3) is 25.2. The Morgan fingerprint density at radius 1 is 0.477 bits per heavy atom. The maximum absolute atomic E-state index is 12.0. The van der Waals surface area contributed by atoms with Gasteiger partial charge in [-0.15, -0.1) is 0 Å². The summed E-state index contributed by atoms with van der Waals surface area (Å²) in [7, 11) is 1.56. The lowest BCUT2D eigenvalue weighted by Gasteiger charge is -2.11. The maximum atomic E-state index is 12.0. The SMILES string of the molecule is C.COC(=O)c1ccc(O)cc1C(=O)OC.COC(=O)c1ccc(OCCOCCOCCOCCO)cc1C(=O)OC.Cc1ccc(S(=O)(=O)CCOCCOCCOCCO)cc1. The van der Waals surface area contributed by atoms with Crippen LogP contribution in [0.2, 0.25) is 0 Å². The van der Waals surface area contributed by atoms with Crippen molar-refractivity contribution in [2.24, 2.45) is 0 Å². The van der Waals surface area contributed by atoms with Crippen molar-refractivity contribution in [1.82, 2.24) is 0 Å². The van der Waals surface area contributed by atoms with Crippen molar-refractivity contribution in [3.63, 3.8) is 0 Å². The lowest BCUT2D eigenvalue weighted by atomic mass is 10.1. The zero-order chi connectivity index (χ0) is 47.6. The summed E-state index contributed by atoms with van der Waals surface area (Å²) in [5.41, 5.74) is 1.23. The maximum Gasteiger partial charge on any atom is 0.338 e. The van der Waals surface area contributed by atoms with Gasteiger partial charge in [-0.3, -0.25) is 0 Å². The minimum atomic E-state index is -3.29. The van der Waals surface area contributed by atoms with Crippen LogP contribution in [0.4, 0.5) is 0 Å². The van der Waals surface area contributed by atoms with Crippen LogP contribution in [-0.4, -0.2) is 181 Å². The van der Waals surface area contributed by atoms with E-state index in [2.05, 4.69) is 18.9 Å². The molecule has 0 atom stereocenters. The van der Waals surface area contributed by atoms with Crippen LogP contribution in [0.1, 0.15) is 54.4 Å². The molecule has 0 bridgehead atoms. The van der Waals surface area contributed by atoms with E-state index in [4.69, 9.17) is 43.4 Å². The molecule has 0 aliphatic rings. The lowest BCUT2D eigenvalue weighted by molar-refractivity contribution is 0.00360. The number of ether oxygens (including phenoxy) is 11. The molecule has 0 aromatic heterocycles. The Hall–Kier alpha value is -5.23. The fraction of sp³-hybridized carbons (Fsp3) is 0.500. The number of aliphatic hydroxyl groups is 2.